The van der Waals surface area contributed by atoms with Gasteiger partial charge in [-0.25, -0.2) is 0 Å². The zero-order valence-corrected chi connectivity index (χ0v) is 14.4. The first-order valence-corrected chi connectivity index (χ1v) is 8.02. The third-order valence-electron chi connectivity index (χ3n) is 4.06. The van der Waals surface area contributed by atoms with Crippen LogP contribution in [0.4, 0.5) is 11.4 Å². The van der Waals surface area contributed by atoms with Gasteiger partial charge in [0.2, 0.25) is 11.8 Å². The number of nitrogens with one attached hydrogen (secondary N) is 1. The molecule has 0 atom stereocenters. The second-order valence-corrected chi connectivity index (χ2v) is 5.70. The second-order valence-electron chi connectivity index (χ2n) is 5.70. The molecular formula is C19H18N2O5. The van der Waals surface area contributed by atoms with Crippen LogP contribution in [0.1, 0.15) is 23.2 Å². The maximum atomic E-state index is 12.5. The molecule has 26 heavy (non-hydrogen) atoms. The van der Waals surface area contributed by atoms with Crippen LogP contribution in [0.5, 0.6) is 11.5 Å². The molecule has 3 rings (SSSR count). The highest BCUT2D eigenvalue weighted by atomic mass is 16.5. The van der Waals surface area contributed by atoms with E-state index in [2.05, 4.69) is 5.32 Å². The van der Waals surface area contributed by atoms with Crippen molar-refractivity contribution in [2.75, 3.05) is 24.4 Å². The Bertz CT molecular complexity index is 862. The molecule has 1 fully saturated rings. The van der Waals surface area contributed by atoms with E-state index in [-0.39, 0.29) is 30.6 Å². The van der Waals surface area contributed by atoms with Gasteiger partial charge in [-0.3, -0.25) is 19.3 Å². The molecular weight excluding hydrogens is 336 g/mol. The maximum absolute atomic E-state index is 12.5. The largest absolute Gasteiger partial charge is 0.493 e. The first-order valence-electron chi connectivity index (χ1n) is 8.02. The fraction of sp³-hybridized carbons (Fsp3) is 0.211. The number of benzene rings is 2. The van der Waals surface area contributed by atoms with Crippen molar-refractivity contribution in [3.05, 3.63) is 48.0 Å². The van der Waals surface area contributed by atoms with E-state index in [1.807, 2.05) is 0 Å². The van der Waals surface area contributed by atoms with Gasteiger partial charge in [-0.15, -0.1) is 0 Å². The van der Waals surface area contributed by atoms with Gasteiger partial charge in [0.15, 0.2) is 11.5 Å². The SMILES string of the molecule is COc1ccc(NC(=O)c2cccc(N3C(=O)CCC3=O)c2)cc1OC. The Morgan fingerprint density at radius 3 is 2.31 bits per heavy atom. The molecule has 7 nitrogen and oxygen atoms in total. The molecule has 1 saturated heterocycles. The van der Waals surface area contributed by atoms with Gasteiger partial charge in [-0.2, -0.15) is 0 Å². The van der Waals surface area contributed by atoms with E-state index in [1.54, 1.807) is 36.4 Å². The molecule has 0 aliphatic carbocycles. The average molecular weight is 354 g/mol. The molecule has 2 aromatic rings. The first-order chi connectivity index (χ1) is 12.5. The van der Waals surface area contributed by atoms with Gasteiger partial charge >= 0.3 is 0 Å². The Morgan fingerprint density at radius 2 is 1.65 bits per heavy atom. The normalized spacial score (nSPS) is 13.7. The van der Waals surface area contributed by atoms with E-state index < -0.39 is 0 Å². The number of hydrogen-bond donors (Lipinski definition) is 1. The molecule has 0 unspecified atom stereocenters. The predicted octanol–water partition coefficient (Wildman–Crippen LogP) is 2.61. The minimum absolute atomic E-state index is 0.195. The van der Waals surface area contributed by atoms with E-state index in [1.165, 1.54) is 20.3 Å². The van der Waals surface area contributed by atoms with Crippen molar-refractivity contribution in [2.24, 2.45) is 0 Å². The Hall–Kier alpha value is -3.35. The van der Waals surface area contributed by atoms with Crippen LogP contribution < -0.4 is 19.7 Å². The number of amides is 3. The number of rotatable bonds is 5. The highest BCUT2D eigenvalue weighted by Gasteiger charge is 2.30. The molecule has 0 spiro atoms. The molecule has 7 heteroatoms. The van der Waals surface area contributed by atoms with Gasteiger partial charge < -0.3 is 14.8 Å². The Kier molecular flexibility index (Phi) is 4.88. The van der Waals surface area contributed by atoms with Crippen LogP contribution in [-0.4, -0.2) is 31.9 Å². The molecule has 0 aromatic heterocycles. The molecule has 0 saturated carbocycles. The van der Waals surface area contributed by atoms with Crippen LogP contribution in [-0.2, 0) is 9.59 Å². The molecule has 3 amide bonds. The van der Waals surface area contributed by atoms with Crippen LogP contribution in [0.3, 0.4) is 0 Å². The number of carbonyl (C=O) groups excluding carboxylic acids is 3. The summed E-state index contributed by atoms with van der Waals surface area (Å²) in [5.41, 5.74) is 1.27. The summed E-state index contributed by atoms with van der Waals surface area (Å²) in [6.07, 6.45) is 0.391. The quantitative estimate of drug-likeness (QED) is 0.835. The lowest BCUT2D eigenvalue weighted by molar-refractivity contribution is -0.121. The van der Waals surface area contributed by atoms with Crippen LogP contribution in [0, 0.1) is 0 Å². The summed E-state index contributed by atoms with van der Waals surface area (Å²) in [5, 5.41) is 2.76. The molecule has 1 N–H and O–H groups in total. The topological polar surface area (TPSA) is 84.9 Å². The fourth-order valence-corrected chi connectivity index (χ4v) is 2.77. The van der Waals surface area contributed by atoms with E-state index >= 15 is 0 Å². The zero-order valence-electron chi connectivity index (χ0n) is 14.4. The van der Waals surface area contributed by atoms with Crippen LogP contribution in [0.25, 0.3) is 0 Å². The summed E-state index contributed by atoms with van der Waals surface area (Å²) in [5.74, 6) is 0.170. The minimum Gasteiger partial charge on any atom is -0.493 e. The summed E-state index contributed by atoms with van der Waals surface area (Å²) < 4.78 is 10.4. The van der Waals surface area contributed by atoms with Gasteiger partial charge in [0.25, 0.3) is 5.91 Å². The van der Waals surface area contributed by atoms with Crippen molar-refractivity contribution in [2.45, 2.75) is 12.8 Å². The molecule has 2 aromatic carbocycles. The van der Waals surface area contributed by atoms with Gasteiger partial charge in [0.1, 0.15) is 0 Å². The summed E-state index contributed by atoms with van der Waals surface area (Å²) in [6.45, 7) is 0. The number of ether oxygens (including phenoxy) is 2. The molecule has 0 bridgehead atoms. The standard InChI is InChI=1S/C19H18N2O5/c1-25-15-7-6-13(11-16(15)26-2)20-19(24)12-4-3-5-14(10-12)21-17(22)8-9-18(21)23/h3-7,10-11H,8-9H2,1-2H3,(H,20,24). The summed E-state index contributed by atoms with van der Waals surface area (Å²) in [4.78, 5) is 37.4. The predicted molar refractivity (Wildman–Crippen MR) is 95.7 cm³/mol. The van der Waals surface area contributed by atoms with Gasteiger partial charge in [-0.1, -0.05) is 6.07 Å². The first kappa shape index (κ1) is 17.5. The number of hydrogen-bond acceptors (Lipinski definition) is 5. The van der Waals surface area contributed by atoms with Crippen molar-refractivity contribution in [1.82, 2.24) is 0 Å². The van der Waals surface area contributed by atoms with E-state index in [4.69, 9.17) is 9.47 Å². The summed E-state index contributed by atoms with van der Waals surface area (Å²) in [7, 11) is 3.04. The lowest BCUT2D eigenvalue weighted by Crippen LogP contribution is -2.28. The fourth-order valence-electron chi connectivity index (χ4n) is 2.77. The Morgan fingerprint density at radius 1 is 0.962 bits per heavy atom. The van der Waals surface area contributed by atoms with Gasteiger partial charge in [-0.05, 0) is 30.3 Å². The minimum atomic E-state index is -0.363. The van der Waals surface area contributed by atoms with Crippen LogP contribution in [0.2, 0.25) is 0 Å². The third kappa shape index (κ3) is 3.37. The van der Waals surface area contributed by atoms with Crippen LogP contribution in [0.15, 0.2) is 42.5 Å². The van der Waals surface area contributed by atoms with Crippen molar-refractivity contribution >= 4 is 29.1 Å². The van der Waals surface area contributed by atoms with E-state index in [9.17, 15) is 14.4 Å². The monoisotopic (exact) mass is 354 g/mol. The molecule has 1 aliphatic heterocycles. The highest BCUT2D eigenvalue weighted by molar-refractivity contribution is 6.20. The van der Waals surface area contributed by atoms with Crippen molar-refractivity contribution in [3.63, 3.8) is 0 Å². The smallest absolute Gasteiger partial charge is 0.255 e. The molecule has 134 valence electrons. The number of nitrogens with zero attached hydrogens (tertiary/aromatic N) is 1. The molecule has 0 radical (unpaired) electrons. The summed E-state index contributed by atoms with van der Waals surface area (Å²) >= 11 is 0. The average Bonchev–Trinajstić information content (AvgIpc) is 3.00. The number of anilines is 2. The highest BCUT2D eigenvalue weighted by Crippen LogP contribution is 2.30. The lowest BCUT2D eigenvalue weighted by Gasteiger charge is -2.15. The van der Waals surface area contributed by atoms with Crippen molar-refractivity contribution in [3.8, 4) is 11.5 Å². The zero-order chi connectivity index (χ0) is 18.7. The Balaban J connectivity index is 1.81. The number of methoxy groups -OCH3 is 2. The summed E-state index contributed by atoms with van der Waals surface area (Å²) in [6, 6.07) is 11.4. The lowest BCUT2D eigenvalue weighted by atomic mass is 10.1. The number of imide groups is 1. The molecule has 1 aliphatic rings. The van der Waals surface area contributed by atoms with Crippen molar-refractivity contribution in [1.29, 1.82) is 0 Å². The van der Waals surface area contributed by atoms with E-state index in [0.29, 0.717) is 28.4 Å². The van der Waals surface area contributed by atoms with Gasteiger partial charge in [0.05, 0.1) is 19.9 Å². The van der Waals surface area contributed by atoms with Gasteiger partial charge in [0, 0.05) is 30.2 Å². The third-order valence-corrected chi connectivity index (χ3v) is 4.06. The second kappa shape index (κ2) is 7.26. The number of carbonyl (C=O) groups is 3. The van der Waals surface area contributed by atoms with Crippen molar-refractivity contribution < 1.29 is 23.9 Å². The Labute approximate surface area is 150 Å². The maximum Gasteiger partial charge on any atom is 0.255 e. The molecule has 1 heterocycles. The van der Waals surface area contributed by atoms with E-state index in [0.717, 1.165) is 4.90 Å². The van der Waals surface area contributed by atoms with Crippen LogP contribution >= 0.6 is 0 Å².